The largest absolute Gasteiger partial charge is 0.586 e. The normalized spacial score (nSPS) is 15.8. The van der Waals surface area contributed by atoms with Gasteiger partial charge < -0.3 is 23.3 Å². The molecule has 0 saturated heterocycles. The van der Waals surface area contributed by atoms with Crippen LogP contribution >= 0.6 is 0 Å². The quantitative estimate of drug-likeness (QED) is 0.301. The lowest BCUT2D eigenvalue weighted by Gasteiger charge is -2.14. The van der Waals surface area contributed by atoms with Gasteiger partial charge in [0.1, 0.15) is 5.65 Å². The van der Waals surface area contributed by atoms with E-state index in [9.17, 15) is 22.4 Å². The van der Waals surface area contributed by atoms with Crippen LogP contribution in [0.2, 0.25) is 0 Å². The lowest BCUT2D eigenvalue weighted by Crippen LogP contribution is -2.25. The molecule has 11 heteroatoms. The van der Waals surface area contributed by atoms with E-state index in [1.165, 1.54) is 43.5 Å². The summed E-state index contributed by atoms with van der Waals surface area (Å²) in [5.41, 5.74) is 1.76. The Kier molecular flexibility index (Phi) is 5.25. The highest BCUT2D eigenvalue weighted by Crippen LogP contribution is 2.44. The fourth-order valence-electron chi connectivity index (χ4n) is 4.37. The molecule has 3 heterocycles. The Hall–Kier alpha value is -4.28. The fourth-order valence-corrected chi connectivity index (χ4v) is 4.37. The number of pyridine rings is 1. The number of hydrogen-bond acceptors (Lipinski definition) is 6. The highest BCUT2D eigenvalue weighted by molar-refractivity contribution is 5.83. The second-order valence-corrected chi connectivity index (χ2v) is 8.68. The van der Waals surface area contributed by atoms with E-state index < -0.39 is 18.3 Å². The number of benzene rings is 2. The van der Waals surface area contributed by atoms with Crippen molar-refractivity contribution in [3.05, 3.63) is 70.8 Å². The van der Waals surface area contributed by atoms with Crippen LogP contribution in [0.15, 0.2) is 59.7 Å². The number of fused-ring (bicyclic) bond motifs is 2. The fraction of sp³-hybridized carbons (Fsp3) is 0.231. The second-order valence-electron chi connectivity index (χ2n) is 8.68. The van der Waals surface area contributed by atoms with E-state index in [4.69, 9.17) is 9.72 Å². The Bertz CT molecular complexity index is 1600. The molecule has 0 N–H and O–H groups in total. The van der Waals surface area contributed by atoms with Gasteiger partial charge in [0.25, 0.3) is 0 Å². The highest BCUT2D eigenvalue weighted by Gasteiger charge is 2.43. The van der Waals surface area contributed by atoms with Gasteiger partial charge in [0.2, 0.25) is 0 Å². The van der Waals surface area contributed by atoms with E-state index in [1.54, 1.807) is 16.8 Å². The number of hydrogen-bond donors (Lipinski definition) is 0. The molecule has 2 aliphatic rings. The highest BCUT2D eigenvalue weighted by atomic mass is 19.3. The van der Waals surface area contributed by atoms with Crippen LogP contribution in [0.25, 0.3) is 27.9 Å². The molecular weight excluding hydrogens is 496 g/mol. The Morgan fingerprint density at radius 2 is 1.78 bits per heavy atom. The SMILES string of the molecule is COc1cc(-c2cn3ccc(C4CC4)nc3c(-c3ccc4c(c3)OC(F)(F)O4)c2=O)ccc1OC(F)F. The first-order valence-corrected chi connectivity index (χ1v) is 11.3. The summed E-state index contributed by atoms with van der Waals surface area (Å²) in [5.74, 6) is -0.236. The molecule has 1 saturated carbocycles. The zero-order valence-electron chi connectivity index (χ0n) is 19.2. The van der Waals surface area contributed by atoms with Gasteiger partial charge in [-0.3, -0.25) is 4.79 Å². The molecule has 2 aromatic carbocycles. The minimum absolute atomic E-state index is 0.0105. The van der Waals surface area contributed by atoms with Crippen molar-refractivity contribution < 1.29 is 36.5 Å². The molecule has 0 atom stereocenters. The molecule has 1 fully saturated rings. The van der Waals surface area contributed by atoms with Crippen molar-refractivity contribution in [2.75, 3.05) is 7.11 Å². The van der Waals surface area contributed by atoms with Crippen molar-refractivity contribution in [1.82, 2.24) is 9.38 Å². The molecule has 190 valence electrons. The van der Waals surface area contributed by atoms with Crippen LogP contribution in [0.5, 0.6) is 23.0 Å². The minimum atomic E-state index is -3.81. The molecule has 0 bridgehead atoms. The van der Waals surface area contributed by atoms with E-state index >= 15 is 0 Å². The van der Waals surface area contributed by atoms with Gasteiger partial charge in [0.05, 0.1) is 12.7 Å². The van der Waals surface area contributed by atoms with Gasteiger partial charge in [-0.1, -0.05) is 12.1 Å². The van der Waals surface area contributed by atoms with Crippen LogP contribution in [-0.4, -0.2) is 29.4 Å². The third-order valence-corrected chi connectivity index (χ3v) is 6.23. The summed E-state index contributed by atoms with van der Waals surface area (Å²) < 4.78 is 73.2. The molecule has 1 aliphatic heterocycles. The predicted octanol–water partition coefficient (Wildman–Crippen LogP) is 5.84. The summed E-state index contributed by atoms with van der Waals surface area (Å²) in [4.78, 5) is 18.6. The first-order valence-electron chi connectivity index (χ1n) is 11.3. The molecular formula is C26H18F4N2O5. The average molecular weight is 514 g/mol. The Morgan fingerprint density at radius 3 is 2.51 bits per heavy atom. The Morgan fingerprint density at radius 1 is 1.03 bits per heavy atom. The number of nitrogens with zero attached hydrogens (tertiary/aromatic N) is 2. The van der Waals surface area contributed by atoms with Crippen LogP contribution < -0.4 is 24.4 Å². The van der Waals surface area contributed by atoms with Crippen LogP contribution in [0.3, 0.4) is 0 Å². The first-order chi connectivity index (χ1) is 17.7. The summed E-state index contributed by atoms with van der Waals surface area (Å²) in [6, 6.07) is 10.1. The molecule has 0 spiro atoms. The third kappa shape index (κ3) is 4.20. The second kappa shape index (κ2) is 8.39. The monoisotopic (exact) mass is 514 g/mol. The molecule has 2 aromatic heterocycles. The molecule has 0 radical (unpaired) electrons. The van der Waals surface area contributed by atoms with Gasteiger partial charge in [-0.25, -0.2) is 4.98 Å². The van der Waals surface area contributed by atoms with Gasteiger partial charge >= 0.3 is 12.9 Å². The summed E-state index contributed by atoms with van der Waals surface area (Å²) in [6.45, 7) is -3.05. The minimum Gasteiger partial charge on any atom is -0.493 e. The van der Waals surface area contributed by atoms with Crippen molar-refractivity contribution >= 4 is 5.65 Å². The van der Waals surface area contributed by atoms with Gasteiger partial charge in [-0.2, -0.15) is 8.78 Å². The molecule has 37 heavy (non-hydrogen) atoms. The number of alkyl halides is 4. The van der Waals surface area contributed by atoms with Crippen molar-refractivity contribution in [1.29, 1.82) is 0 Å². The van der Waals surface area contributed by atoms with Crippen molar-refractivity contribution in [2.24, 2.45) is 0 Å². The molecule has 0 amide bonds. The zero-order chi connectivity index (χ0) is 25.9. The predicted molar refractivity (Wildman–Crippen MR) is 124 cm³/mol. The van der Waals surface area contributed by atoms with E-state index in [0.29, 0.717) is 22.7 Å². The molecule has 1 aliphatic carbocycles. The molecule has 6 rings (SSSR count). The zero-order valence-corrected chi connectivity index (χ0v) is 19.2. The lowest BCUT2D eigenvalue weighted by atomic mass is 9.99. The third-order valence-electron chi connectivity index (χ3n) is 6.23. The standard InChI is InChI=1S/C26H18F4N2O5/c1-34-20-10-14(4-6-18(20)35-25(27)28)16-12-32-9-8-17(13-2-3-13)31-24(32)22(23(16)33)15-5-7-19-21(11-15)37-26(29,30)36-19/h4-13,25H,2-3H2,1H3. The van der Waals surface area contributed by atoms with Crippen LogP contribution in [0.1, 0.15) is 24.5 Å². The van der Waals surface area contributed by atoms with Crippen molar-refractivity contribution in [3.8, 4) is 45.3 Å². The van der Waals surface area contributed by atoms with Gasteiger partial charge in [0, 0.05) is 29.6 Å². The Labute approximate surface area is 206 Å². The Balaban J connectivity index is 1.56. The molecule has 7 nitrogen and oxygen atoms in total. The van der Waals surface area contributed by atoms with Gasteiger partial charge in [0.15, 0.2) is 28.4 Å². The summed E-state index contributed by atoms with van der Waals surface area (Å²) in [6.07, 6.45) is 1.53. The van der Waals surface area contributed by atoms with Gasteiger partial charge in [-0.15, -0.1) is 8.78 Å². The maximum atomic E-state index is 13.9. The van der Waals surface area contributed by atoms with E-state index in [-0.39, 0.29) is 34.1 Å². The van der Waals surface area contributed by atoms with Crippen LogP contribution in [0.4, 0.5) is 17.6 Å². The average Bonchev–Trinajstić information content (AvgIpc) is 3.65. The van der Waals surface area contributed by atoms with Crippen LogP contribution in [0, 0.1) is 0 Å². The summed E-state index contributed by atoms with van der Waals surface area (Å²) in [7, 11) is 1.29. The topological polar surface area (TPSA) is 71.3 Å². The van der Waals surface area contributed by atoms with E-state index in [2.05, 4.69) is 14.2 Å². The first kappa shape index (κ1) is 23.1. The van der Waals surface area contributed by atoms with E-state index in [0.717, 1.165) is 18.5 Å². The molecule has 4 aromatic rings. The number of halogens is 4. The van der Waals surface area contributed by atoms with Gasteiger partial charge in [-0.05, 0) is 54.3 Å². The maximum Gasteiger partial charge on any atom is 0.586 e. The number of methoxy groups -OCH3 is 1. The summed E-state index contributed by atoms with van der Waals surface area (Å²) in [5, 5.41) is 0. The smallest absolute Gasteiger partial charge is 0.493 e. The summed E-state index contributed by atoms with van der Waals surface area (Å²) >= 11 is 0. The number of ether oxygens (including phenoxy) is 4. The number of rotatable bonds is 6. The maximum absolute atomic E-state index is 13.9. The van der Waals surface area contributed by atoms with Crippen LogP contribution in [-0.2, 0) is 0 Å². The lowest BCUT2D eigenvalue weighted by molar-refractivity contribution is -0.286. The van der Waals surface area contributed by atoms with Crippen molar-refractivity contribution in [2.45, 2.75) is 31.7 Å². The van der Waals surface area contributed by atoms with E-state index in [1.807, 2.05) is 6.07 Å². The molecule has 0 unspecified atom stereocenters. The number of aromatic nitrogens is 2. The van der Waals surface area contributed by atoms with Crippen molar-refractivity contribution in [3.63, 3.8) is 0 Å².